The van der Waals surface area contributed by atoms with E-state index in [-0.39, 0.29) is 5.75 Å². The highest BCUT2D eigenvalue weighted by atomic mass is 32.2. The van der Waals surface area contributed by atoms with Crippen LogP contribution in [0.15, 0.2) is 11.0 Å². The lowest BCUT2D eigenvalue weighted by Crippen LogP contribution is -2.55. The van der Waals surface area contributed by atoms with Crippen LogP contribution in [-0.2, 0) is 16.3 Å². The molecule has 3 rings (SSSR count). The molecule has 2 atom stereocenters. The van der Waals surface area contributed by atoms with Crippen LogP contribution in [0.25, 0.3) is 0 Å². The fourth-order valence-electron chi connectivity index (χ4n) is 3.28. The number of hydrogen-bond acceptors (Lipinski definition) is 5. The molecule has 0 aliphatic carbocycles. The predicted octanol–water partition coefficient (Wildman–Crippen LogP) is 0.906. The lowest BCUT2D eigenvalue weighted by Gasteiger charge is -2.37. The molecule has 2 aliphatic rings. The van der Waals surface area contributed by atoms with Crippen LogP contribution in [0.4, 0.5) is 5.82 Å². The van der Waals surface area contributed by atoms with Crippen LogP contribution in [0.2, 0.25) is 0 Å². The molecule has 3 heterocycles. The third kappa shape index (κ3) is 2.02. The Kier molecular flexibility index (Phi) is 3.25. The van der Waals surface area contributed by atoms with Gasteiger partial charge in [-0.1, -0.05) is 6.92 Å². The molecule has 2 aliphatic heterocycles. The number of nitrogens with one attached hydrogen (secondary N) is 1. The van der Waals surface area contributed by atoms with E-state index in [0.717, 1.165) is 30.9 Å². The molecule has 0 saturated carbocycles. The summed E-state index contributed by atoms with van der Waals surface area (Å²) in [6.07, 6.45) is 0.881. The summed E-state index contributed by atoms with van der Waals surface area (Å²) in [6, 6.07) is 2.65. The summed E-state index contributed by atoms with van der Waals surface area (Å²) in [5.74, 6) is 1.11. The minimum atomic E-state index is -3.19. The number of pyridine rings is 1. The Labute approximate surface area is 120 Å². The SMILES string of the molecule is CCS(=O)(=O)c1cc2c(nc1C)N1[C@@H](CNC[C@H]1C)C2. The second-order valence-corrected chi connectivity index (χ2v) is 7.98. The smallest absolute Gasteiger partial charge is 0.179 e. The van der Waals surface area contributed by atoms with Gasteiger partial charge >= 0.3 is 0 Å². The number of rotatable bonds is 2. The van der Waals surface area contributed by atoms with Crippen molar-refractivity contribution in [3.8, 4) is 0 Å². The van der Waals surface area contributed by atoms with Gasteiger partial charge in [-0.3, -0.25) is 0 Å². The second-order valence-electron chi connectivity index (χ2n) is 5.73. The summed E-state index contributed by atoms with van der Waals surface area (Å²) in [5.41, 5.74) is 1.69. The third-order valence-corrected chi connectivity index (χ3v) is 6.17. The van der Waals surface area contributed by atoms with Crippen molar-refractivity contribution in [2.24, 2.45) is 0 Å². The molecule has 5 nitrogen and oxygen atoms in total. The molecule has 20 heavy (non-hydrogen) atoms. The lowest BCUT2D eigenvalue weighted by atomic mass is 10.1. The first-order valence-corrected chi connectivity index (χ1v) is 8.81. The normalized spacial score (nSPS) is 25.4. The van der Waals surface area contributed by atoms with E-state index in [4.69, 9.17) is 0 Å². The molecule has 0 spiro atoms. The Bertz CT molecular complexity index is 642. The third-order valence-electron chi connectivity index (χ3n) is 4.33. The topological polar surface area (TPSA) is 62.3 Å². The molecule has 0 unspecified atom stereocenters. The molecule has 1 fully saturated rings. The van der Waals surface area contributed by atoms with Gasteiger partial charge < -0.3 is 10.2 Å². The molecule has 0 bridgehead atoms. The highest BCUT2D eigenvalue weighted by Gasteiger charge is 2.37. The Morgan fingerprint density at radius 2 is 2.20 bits per heavy atom. The van der Waals surface area contributed by atoms with E-state index in [1.165, 1.54) is 0 Å². The van der Waals surface area contributed by atoms with Gasteiger partial charge in [0.05, 0.1) is 16.3 Å². The highest BCUT2D eigenvalue weighted by molar-refractivity contribution is 7.91. The monoisotopic (exact) mass is 295 g/mol. The van der Waals surface area contributed by atoms with E-state index < -0.39 is 9.84 Å². The first-order chi connectivity index (χ1) is 9.44. The summed E-state index contributed by atoms with van der Waals surface area (Å²) < 4.78 is 24.3. The van der Waals surface area contributed by atoms with Crippen molar-refractivity contribution in [1.29, 1.82) is 0 Å². The average Bonchev–Trinajstić information content (AvgIpc) is 2.76. The van der Waals surface area contributed by atoms with Gasteiger partial charge in [-0.2, -0.15) is 0 Å². The van der Waals surface area contributed by atoms with Crippen LogP contribution < -0.4 is 10.2 Å². The second kappa shape index (κ2) is 4.70. The van der Waals surface area contributed by atoms with Crippen LogP contribution in [0.5, 0.6) is 0 Å². The van der Waals surface area contributed by atoms with Crippen molar-refractivity contribution >= 4 is 15.7 Å². The standard InChI is InChI=1S/C14H21N3O2S/c1-4-20(18,19)13-6-11-5-12-8-15-7-9(2)17(12)14(11)16-10(13)3/h6,9,12,15H,4-5,7-8H2,1-3H3/t9-,12-/m1/s1. The molecular formula is C14H21N3O2S. The number of piperazine rings is 1. The van der Waals surface area contributed by atoms with Gasteiger partial charge in [-0.05, 0) is 31.9 Å². The van der Waals surface area contributed by atoms with Gasteiger partial charge in [-0.25, -0.2) is 13.4 Å². The number of anilines is 1. The van der Waals surface area contributed by atoms with Crippen LogP contribution in [-0.4, -0.2) is 44.3 Å². The largest absolute Gasteiger partial charge is 0.348 e. The van der Waals surface area contributed by atoms with Crippen LogP contribution in [0, 0.1) is 6.92 Å². The van der Waals surface area contributed by atoms with E-state index in [1.807, 2.05) is 6.07 Å². The fourth-order valence-corrected chi connectivity index (χ4v) is 4.41. The van der Waals surface area contributed by atoms with Gasteiger partial charge in [-0.15, -0.1) is 0 Å². The maximum absolute atomic E-state index is 12.1. The van der Waals surface area contributed by atoms with Crippen LogP contribution in [0.3, 0.4) is 0 Å². The van der Waals surface area contributed by atoms with E-state index in [1.54, 1.807) is 13.8 Å². The van der Waals surface area contributed by atoms with Gasteiger partial charge in [0.15, 0.2) is 9.84 Å². The van der Waals surface area contributed by atoms with Crippen molar-refractivity contribution in [3.05, 3.63) is 17.3 Å². The summed E-state index contributed by atoms with van der Waals surface area (Å²) in [5, 5.41) is 3.42. The average molecular weight is 295 g/mol. The number of hydrogen-bond donors (Lipinski definition) is 1. The van der Waals surface area contributed by atoms with E-state index >= 15 is 0 Å². The Morgan fingerprint density at radius 3 is 2.90 bits per heavy atom. The maximum atomic E-state index is 12.1. The molecule has 0 aromatic carbocycles. The molecule has 0 radical (unpaired) electrons. The van der Waals surface area contributed by atoms with Crippen molar-refractivity contribution < 1.29 is 8.42 Å². The van der Waals surface area contributed by atoms with Crippen LogP contribution >= 0.6 is 0 Å². The Hall–Kier alpha value is -1.14. The molecule has 1 saturated heterocycles. The van der Waals surface area contributed by atoms with Crippen molar-refractivity contribution in [3.63, 3.8) is 0 Å². The molecule has 1 N–H and O–H groups in total. The summed E-state index contributed by atoms with van der Waals surface area (Å²) in [4.78, 5) is 7.37. The summed E-state index contributed by atoms with van der Waals surface area (Å²) in [6.45, 7) is 7.55. The molecule has 1 aromatic rings. The predicted molar refractivity (Wildman–Crippen MR) is 79.0 cm³/mol. The number of aryl methyl sites for hydroxylation is 1. The molecule has 6 heteroatoms. The number of fused-ring (bicyclic) bond motifs is 3. The minimum Gasteiger partial charge on any atom is -0.348 e. The van der Waals surface area contributed by atoms with Crippen molar-refractivity contribution in [2.45, 2.75) is 44.2 Å². The maximum Gasteiger partial charge on any atom is 0.179 e. The fraction of sp³-hybridized carbons (Fsp3) is 0.643. The number of aromatic nitrogens is 1. The Morgan fingerprint density at radius 1 is 1.45 bits per heavy atom. The van der Waals surface area contributed by atoms with Crippen molar-refractivity contribution in [1.82, 2.24) is 10.3 Å². The van der Waals surface area contributed by atoms with Gasteiger partial charge in [0.1, 0.15) is 5.82 Å². The molecule has 0 amide bonds. The van der Waals surface area contributed by atoms with Gasteiger partial charge in [0, 0.05) is 25.2 Å². The number of nitrogens with zero attached hydrogens (tertiary/aromatic N) is 2. The highest BCUT2D eigenvalue weighted by Crippen LogP contribution is 2.35. The van der Waals surface area contributed by atoms with Gasteiger partial charge in [0.2, 0.25) is 0 Å². The van der Waals surface area contributed by atoms with Gasteiger partial charge in [0.25, 0.3) is 0 Å². The van der Waals surface area contributed by atoms with E-state index in [9.17, 15) is 8.42 Å². The first-order valence-electron chi connectivity index (χ1n) is 7.16. The van der Waals surface area contributed by atoms with E-state index in [0.29, 0.717) is 22.7 Å². The zero-order valence-electron chi connectivity index (χ0n) is 12.2. The molecule has 1 aromatic heterocycles. The summed E-state index contributed by atoms with van der Waals surface area (Å²) >= 11 is 0. The minimum absolute atomic E-state index is 0.124. The quantitative estimate of drug-likeness (QED) is 0.878. The lowest BCUT2D eigenvalue weighted by molar-refractivity contribution is 0.427. The number of sulfone groups is 1. The van der Waals surface area contributed by atoms with E-state index in [2.05, 4.69) is 22.1 Å². The first kappa shape index (κ1) is 13.8. The zero-order chi connectivity index (χ0) is 14.5. The van der Waals surface area contributed by atoms with Crippen LogP contribution in [0.1, 0.15) is 25.1 Å². The molecule has 110 valence electrons. The zero-order valence-corrected chi connectivity index (χ0v) is 13.0. The summed E-state index contributed by atoms with van der Waals surface area (Å²) in [7, 11) is -3.19. The molecular weight excluding hydrogens is 274 g/mol. The Balaban J connectivity index is 2.09. The van der Waals surface area contributed by atoms with Crippen molar-refractivity contribution in [2.75, 3.05) is 23.7 Å².